The summed E-state index contributed by atoms with van der Waals surface area (Å²) in [6.45, 7) is 7.88. The van der Waals surface area contributed by atoms with Gasteiger partial charge in [-0.05, 0) is 73.0 Å². The monoisotopic (exact) mass is 435 g/mol. The number of benzene rings is 2. The molecule has 0 fully saturated rings. The smallest absolute Gasteiger partial charge is 0.110 e. The first kappa shape index (κ1) is 23.4. The Morgan fingerprint density at radius 1 is 1.06 bits per heavy atom. The molecule has 1 aromatic heterocycles. The number of nitrogens with zero attached hydrogens (tertiary/aromatic N) is 2. The van der Waals surface area contributed by atoms with Crippen LogP contribution in [0.2, 0.25) is 0 Å². The van der Waals surface area contributed by atoms with Crippen molar-refractivity contribution in [1.82, 2.24) is 4.98 Å². The number of aliphatic imine (C=N–C) groups is 1. The summed E-state index contributed by atoms with van der Waals surface area (Å²) in [5, 5.41) is 11.7. The van der Waals surface area contributed by atoms with Gasteiger partial charge < -0.3 is 16.5 Å². The highest BCUT2D eigenvalue weighted by Gasteiger charge is 2.05. The Balaban J connectivity index is 1.76. The van der Waals surface area contributed by atoms with Gasteiger partial charge in [0.2, 0.25) is 0 Å². The Bertz CT molecular complexity index is 1200. The van der Waals surface area contributed by atoms with Gasteiger partial charge in [0.1, 0.15) is 5.84 Å². The van der Waals surface area contributed by atoms with E-state index in [4.69, 9.17) is 16.1 Å². The molecule has 0 bridgehead atoms. The fourth-order valence-electron chi connectivity index (χ4n) is 3.18. The number of nitrogen functional groups attached to an aromatic ring is 1. The van der Waals surface area contributed by atoms with Crippen LogP contribution in [0.1, 0.15) is 37.1 Å². The molecule has 0 atom stereocenters. The highest BCUT2D eigenvalue weighted by molar-refractivity contribution is 6.08. The molecule has 4 N–H and O–H groups in total. The second kappa shape index (κ2) is 11.4. The van der Waals surface area contributed by atoms with Gasteiger partial charge in [0.05, 0.1) is 11.4 Å². The molecule has 0 saturated carbocycles. The number of aromatic nitrogens is 1. The third kappa shape index (κ3) is 6.87. The Hall–Kier alpha value is -4.25. The molecule has 5 nitrogen and oxygen atoms in total. The van der Waals surface area contributed by atoms with E-state index in [-0.39, 0.29) is 0 Å². The minimum Gasteiger partial charge on any atom is -0.399 e. The van der Waals surface area contributed by atoms with Crippen molar-refractivity contribution in [3.63, 3.8) is 0 Å². The van der Waals surface area contributed by atoms with Gasteiger partial charge in [0.25, 0.3) is 0 Å². The van der Waals surface area contributed by atoms with Crippen LogP contribution < -0.4 is 11.1 Å². The molecule has 0 saturated heterocycles. The number of nitrogens with two attached hydrogens (primary N) is 1. The number of nitrogens with one attached hydrogen (secondary N) is 2. The second-order valence-corrected chi connectivity index (χ2v) is 7.59. The molecule has 0 aliphatic carbocycles. The van der Waals surface area contributed by atoms with E-state index < -0.39 is 0 Å². The predicted molar refractivity (Wildman–Crippen MR) is 142 cm³/mol. The van der Waals surface area contributed by atoms with Crippen LogP contribution in [0.15, 0.2) is 102 Å². The summed E-state index contributed by atoms with van der Waals surface area (Å²) in [4.78, 5) is 9.05. The fraction of sp³-hybridized carbons (Fsp3) is 0.107. The van der Waals surface area contributed by atoms with Crippen molar-refractivity contribution in [3.8, 4) is 0 Å². The van der Waals surface area contributed by atoms with E-state index in [2.05, 4.69) is 16.9 Å². The lowest BCUT2D eigenvalue weighted by Crippen LogP contribution is -2.11. The highest BCUT2D eigenvalue weighted by atomic mass is 15.0. The quantitative estimate of drug-likeness (QED) is 0.162. The van der Waals surface area contributed by atoms with Crippen molar-refractivity contribution in [2.75, 3.05) is 11.1 Å². The van der Waals surface area contributed by atoms with Gasteiger partial charge >= 0.3 is 0 Å². The summed E-state index contributed by atoms with van der Waals surface area (Å²) in [6.07, 6.45) is 7.77. The van der Waals surface area contributed by atoms with Crippen LogP contribution in [0.3, 0.4) is 0 Å². The summed E-state index contributed by atoms with van der Waals surface area (Å²) in [5.41, 5.74) is 12.6. The fourth-order valence-corrected chi connectivity index (χ4v) is 3.18. The van der Waals surface area contributed by atoms with Crippen molar-refractivity contribution >= 4 is 34.6 Å². The van der Waals surface area contributed by atoms with Crippen LogP contribution in [-0.4, -0.2) is 16.5 Å². The highest BCUT2D eigenvalue weighted by Crippen LogP contribution is 2.21. The molecule has 0 aliphatic rings. The molecule has 1 heterocycles. The van der Waals surface area contributed by atoms with E-state index in [0.717, 1.165) is 39.6 Å². The van der Waals surface area contributed by atoms with Crippen LogP contribution in [0.25, 0.3) is 11.6 Å². The van der Waals surface area contributed by atoms with Crippen LogP contribution in [0.5, 0.6) is 0 Å². The summed E-state index contributed by atoms with van der Waals surface area (Å²) in [7, 11) is 0. The minimum absolute atomic E-state index is 0.434. The Labute approximate surface area is 195 Å². The third-order valence-corrected chi connectivity index (χ3v) is 5.10. The first-order valence-electron chi connectivity index (χ1n) is 10.7. The van der Waals surface area contributed by atoms with E-state index in [1.807, 2.05) is 92.7 Å². The maximum Gasteiger partial charge on any atom is 0.110 e. The van der Waals surface area contributed by atoms with Gasteiger partial charge in [-0.1, -0.05) is 42.5 Å². The zero-order valence-electron chi connectivity index (χ0n) is 19.0. The van der Waals surface area contributed by atoms with Crippen molar-refractivity contribution in [2.24, 2.45) is 4.99 Å². The molecule has 0 amide bonds. The van der Waals surface area contributed by atoms with Gasteiger partial charge in [0, 0.05) is 29.7 Å². The van der Waals surface area contributed by atoms with E-state index in [1.165, 1.54) is 0 Å². The number of allylic oxidation sites excluding steroid dienone is 3. The summed E-state index contributed by atoms with van der Waals surface area (Å²) < 4.78 is 0. The van der Waals surface area contributed by atoms with E-state index in [9.17, 15) is 0 Å². The molecule has 2 aromatic carbocycles. The molecule has 0 radical (unpaired) electrons. The Morgan fingerprint density at radius 3 is 2.48 bits per heavy atom. The lowest BCUT2D eigenvalue weighted by Gasteiger charge is -2.11. The Morgan fingerprint density at radius 2 is 1.82 bits per heavy atom. The topological polar surface area (TPSA) is 87.2 Å². The standard InChI is InChI=1S/C28H29N5/c1-4-8-28(33-26-11-7-9-24(29)19-26)32-21(3)20(2)22-12-14-23(15-13-22)27(30)17-16-25-10-5-6-18-31-25/h4-7,9-19,30H,1,8,29H2,2-3H3,(H,32,33)/b17-16+,21-20+,30-27?. The number of pyridine rings is 1. The molecule has 0 spiro atoms. The first-order valence-corrected chi connectivity index (χ1v) is 10.7. The largest absolute Gasteiger partial charge is 0.399 e. The molecule has 166 valence electrons. The molecule has 33 heavy (non-hydrogen) atoms. The molecule has 5 heteroatoms. The van der Waals surface area contributed by atoms with Gasteiger partial charge in [-0.3, -0.25) is 4.98 Å². The molecular weight excluding hydrogens is 406 g/mol. The SMILES string of the molecule is C=CC/C(=N\C(C)=C(/C)c1ccc(C(=N)/C=C/c2ccccn2)cc1)Nc1cccc(N)c1. The van der Waals surface area contributed by atoms with Gasteiger partial charge in [-0.2, -0.15) is 0 Å². The van der Waals surface area contributed by atoms with E-state index >= 15 is 0 Å². The zero-order valence-corrected chi connectivity index (χ0v) is 19.0. The number of rotatable bonds is 8. The molecular formula is C28H29N5. The van der Waals surface area contributed by atoms with Gasteiger partial charge in [-0.15, -0.1) is 6.58 Å². The number of amidine groups is 1. The molecule has 3 aromatic rings. The summed E-state index contributed by atoms with van der Waals surface area (Å²) >= 11 is 0. The molecule has 3 rings (SSSR count). The number of hydrogen-bond donors (Lipinski definition) is 3. The average Bonchev–Trinajstić information content (AvgIpc) is 2.83. The van der Waals surface area contributed by atoms with Crippen LogP contribution in [-0.2, 0) is 0 Å². The number of anilines is 2. The predicted octanol–water partition coefficient (Wildman–Crippen LogP) is 6.58. The zero-order chi connectivity index (χ0) is 23.6. The molecule has 0 aliphatic heterocycles. The normalized spacial score (nSPS) is 12.4. The van der Waals surface area contributed by atoms with Crippen LogP contribution in [0.4, 0.5) is 11.4 Å². The first-order chi connectivity index (χ1) is 16.0. The second-order valence-electron chi connectivity index (χ2n) is 7.59. The van der Waals surface area contributed by atoms with E-state index in [1.54, 1.807) is 12.3 Å². The van der Waals surface area contributed by atoms with Crippen molar-refractivity contribution < 1.29 is 0 Å². The lowest BCUT2D eigenvalue weighted by molar-refractivity contribution is 1.25. The van der Waals surface area contributed by atoms with Gasteiger partial charge in [-0.25, -0.2) is 4.99 Å². The van der Waals surface area contributed by atoms with Crippen LogP contribution in [0, 0.1) is 5.41 Å². The number of hydrogen-bond acceptors (Lipinski definition) is 4. The molecule has 0 unspecified atom stereocenters. The lowest BCUT2D eigenvalue weighted by atomic mass is 10.0. The minimum atomic E-state index is 0.434. The Kier molecular flexibility index (Phi) is 8.08. The van der Waals surface area contributed by atoms with Crippen molar-refractivity contribution in [3.05, 3.63) is 114 Å². The van der Waals surface area contributed by atoms with E-state index in [0.29, 0.717) is 17.8 Å². The maximum atomic E-state index is 8.33. The maximum absolute atomic E-state index is 8.33. The van der Waals surface area contributed by atoms with Crippen LogP contribution >= 0.6 is 0 Å². The summed E-state index contributed by atoms with van der Waals surface area (Å²) in [5.74, 6) is 0.797. The summed E-state index contributed by atoms with van der Waals surface area (Å²) in [6, 6.07) is 21.2. The third-order valence-electron chi connectivity index (χ3n) is 5.10. The van der Waals surface area contributed by atoms with Crippen molar-refractivity contribution in [1.29, 1.82) is 5.41 Å². The average molecular weight is 436 g/mol. The van der Waals surface area contributed by atoms with Gasteiger partial charge in [0.15, 0.2) is 0 Å². The van der Waals surface area contributed by atoms with Crippen molar-refractivity contribution in [2.45, 2.75) is 20.3 Å².